The Hall–Kier alpha value is -0.290. The molecule has 0 N–H and O–H groups in total. The minimum Gasteiger partial charge on any atom is -0.444 e. The average Bonchev–Trinajstić information content (AvgIpc) is 2.66. The van der Waals surface area contributed by atoms with Gasteiger partial charge in [0, 0.05) is 31.0 Å². The van der Waals surface area contributed by atoms with E-state index in [0.717, 1.165) is 30.8 Å². The molecule has 2 fully saturated rings. The van der Waals surface area contributed by atoms with Gasteiger partial charge in [0.05, 0.1) is 0 Å². The van der Waals surface area contributed by atoms with Gasteiger partial charge < -0.3 is 14.5 Å². The van der Waals surface area contributed by atoms with Gasteiger partial charge in [-0.15, -0.1) is 0 Å². The molecule has 2 rings (SSSR count). The number of amides is 1. The third-order valence-electron chi connectivity index (χ3n) is 2.78. The first-order valence-corrected chi connectivity index (χ1v) is 7.50. The lowest BCUT2D eigenvalue weighted by Gasteiger charge is -2.31. The smallest absolute Gasteiger partial charge is 0.410 e. The second-order valence-electron chi connectivity index (χ2n) is 5.99. The van der Waals surface area contributed by atoms with E-state index in [1.54, 1.807) is 4.90 Å². The van der Waals surface area contributed by atoms with Crippen LogP contribution in [0.25, 0.3) is 0 Å². The molecule has 0 aromatic rings. The Kier molecular flexibility index (Phi) is 5.92. The Morgan fingerprint density at radius 3 is 2.00 bits per heavy atom. The normalized spacial score (nSPS) is 21.1. The van der Waals surface area contributed by atoms with Crippen molar-refractivity contribution in [2.75, 3.05) is 33.2 Å². The van der Waals surface area contributed by atoms with Gasteiger partial charge in [-0.1, -0.05) is 15.9 Å². The third-order valence-corrected chi connectivity index (χ3v) is 3.36. The summed E-state index contributed by atoms with van der Waals surface area (Å²) in [6.45, 7) is 9.83. The molecule has 18 heavy (non-hydrogen) atoms. The van der Waals surface area contributed by atoms with Crippen molar-refractivity contribution < 1.29 is 9.53 Å². The van der Waals surface area contributed by atoms with E-state index in [0.29, 0.717) is 0 Å². The van der Waals surface area contributed by atoms with E-state index in [1.165, 1.54) is 13.1 Å². The third kappa shape index (κ3) is 6.05. The largest absolute Gasteiger partial charge is 0.444 e. The van der Waals surface area contributed by atoms with Crippen LogP contribution in [0.15, 0.2) is 0 Å². The van der Waals surface area contributed by atoms with Gasteiger partial charge in [0.15, 0.2) is 0 Å². The summed E-state index contributed by atoms with van der Waals surface area (Å²) in [4.78, 5) is 16.2. The molecule has 0 aromatic heterocycles. The van der Waals surface area contributed by atoms with E-state index in [4.69, 9.17) is 4.74 Å². The van der Waals surface area contributed by atoms with Crippen molar-refractivity contribution >= 4 is 22.0 Å². The molecule has 1 amide bonds. The predicted octanol–water partition coefficient (Wildman–Crippen LogP) is 2.71. The zero-order valence-corrected chi connectivity index (χ0v) is 13.5. The minimum atomic E-state index is -0.361. The van der Waals surface area contributed by atoms with E-state index in [2.05, 4.69) is 27.9 Å². The molecule has 106 valence electrons. The highest BCUT2D eigenvalue weighted by atomic mass is 79.9. The fourth-order valence-corrected chi connectivity index (χ4v) is 2.84. The van der Waals surface area contributed by atoms with Crippen LogP contribution in [-0.2, 0) is 4.74 Å². The van der Waals surface area contributed by atoms with Gasteiger partial charge in [-0.3, -0.25) is 0 Å². The molecule has 2 saturated heterocycles. The number of ether oxygens (including phenoxy) is 1. The Labute approximate surface area is 119 Å². The van der Waals surface area contributed by atoms with Crippen molar-refractivity contribution in [3.63, 3.8) is 0 Å². The second kappa shape index (κ2) is 6.75. The number of hydrogen-bond acceptors (Lipinski definition) is 3. The van der Waals surface area contributed by atoms with Gasteiger partial charge >= 0.3 is 6.09 Å². The molecule has 2 aliphatic heterocycles. The topological polar surface area (TPSA) is 32.8 Å². The number of hydrogen-bond donors (Lipinski definition) is 0. The first-order valence-electron chi connectivity index (χ1n) is 6.58. The van der Waals surface area contributed by atoms with E-state index in [-0.39, 0.29) is 11.7 Å². The van der Waals surface area contributed by atoms with Crippen LogP contribution >= 0.6 is 15.9 Å². The standard InChI is InChI=1S/C9H17NO2.C4H8BrN/c1-9(2,3)12-8(11)10-6-4-5-7-10;1-6-2-4(5)3-6/h4-7H2,1-3H3;4H,2-3H2,1H3. The van der Waals surface area contributed by atoms with Crippen molar-refractivity contribution in [3.05, 3.63) is 0 Å². The fraction of sp³-hybridized carbons (Fsp3) is 0.923. The van der Waals surface area contributed by atoms with E-state index < -0.39 is 0 Å². The summed E-state index contributed by atoms with van der Waals surface area (Å²) in [5.74, 6) is 0. The van der Waals surface area contributed by atoms with Gasteiger partial charge in [0.2, 0.25) is 0 Å². The molecule has 0 spiro atoms. The molecule has 0 aromatic carbocycles. The monoisotopic (exact) mass is 320 g/mol. The van der Waals surface area contributed by atoms with Crippen molar-refractivity contribution in [2.24, 2.45) is 0 Å². The molecule has 0 unspecified atom stereocenters. The molecule has 2 aliphatic rings. The molecule has 0 aliphatic carbocycles. The molecule has 4 nitrogen and oxygen atoms in total. The molecule has 0 saturated carbocycles. The first kappa shape index (κ1) is 15.8. The number of nitrogens with zero attached hydrogens (tertiary/aromatic N) is 2. The summed E-state index contributed by atoms with van der Waals surface area (Å²) in [7, 11) is 2.12. The highest BCUT2D eigenvalue weighted by Gasteiger charge is 2.23. The summed E-state index contributed by atoms with van der Waals surface area (Å²) >= 11 is 3.46. The number of halogens is 1. The zero-order chi connectivity index (χ0) is 13.8. The van der Waals surface area contributed by atoms with Crippen LogP contribution in [0.4, 0.5) is 4.79 Å². The molecule has 2 heterocycles. The Morgan fingerprint density at radius 1 is 1.22 bits per heavy atom. The predicted molar refractivity (Wildman–Crippen MR) is 77.3 cm³/mol. The summed E-state index contributed by atoms with van der Waals surface area (Å²) in [5.41, 5.74) is -0.361. The second-order valence-corrected chi connectivity index (χ2v) is 7.29. The fourth-order valence-electron chi connectivity index (χ4n) is 1.85. The summed E-state index contributed by atoms with van der Waals surface area (Å²) in [6.07, 6.45) is 2.05. The van der Waals surface area contributed by atoms with Gasteiger partial charge in [0.25, 0.3) is 0 Å². The van der Waals surface area contributed by atoms with Crippen molar-refractivity contribution in [2.45, 2.75) is 44.0 Å². The molecule has 5 heteroatoms. The van der Waals surface area contributed by atoms with Crippen LogP contribution in [0.2, 0.25) is 0 Å². The number of carbonyl (C=O) groups excluding carboxylic acids is 1. The van der Waals surface area contributed by atoms with Gasteiger partial charge in [0.1, 0.15) is 5.60 Å². The van der Waals surface area contributed by atoms with Gasteiger partial charge in [-0.25, -0.2) is 4.79 Å². The average molecular weight is 321 g/mol. The van der Waals surface area contributed by atoms with E-state index in [9.17, 15) is 4.79 Å². The lowest BCUT2D eigenvalue weighted by atomic mass is 10.2. The maximum Gasteiger partial charge on any atom is 0.410 e. The van der Waals surface area contributed by atoms with Crippen LogP contribution in [0, 0.1) is 0 Å². The maximum atomic E-state index is 11.4. The quantitative estimate of drug-likeness (QED) is 0.643. The highest BCUT2D eigenvalue weighted by molar-refractivity contribution is 9.09. The minimum absolute atomic E-state index is 0.167. The SMILES string of the molecule is CC(C)(C)OC(=O)N1CCCC1.CN1CC(Br)C1. The van der Waals surface area contributed by atoms with Gasteiger partial charge in [-0.05, 0) is 40.7 Å². The van der Waals surface area contributed by atoms with Crippen LogP contribution in [0.5, 0.6) is 0 Å². The van der Waals surface area contributed by atoms with Crippen molar-refractivity contribution in [3.8, 4) is 0 Å². The summed E-state index contributed by atoms with van der Waals surface area (Å²) in [5, 5.41) is 0. The number of alkyl halides is 1. The van der Waals surface area contributed by atoms with E-state index in [1.807, 2.05) is 20.8 Å². The highest BCUT2D eigenvalue weighted by Crippen LogP contribution is 2.14. The number of likely N-dealkylation sites (tertiary alicyclic amines) is 2. The van der Waals surface area contributed by atoms with Gasteiger partial charge in [-0.2, -0.15) is 0 Å². The molecule has 0 atom stereocenters. The Balaban J connectivity index is 0.000000225. The molecular weight excluding hydrogens is 296 g/mol. The lowest BCUT2D eigenvalue weighted by molar-refractivity contribution is 0.0295. The van der Waals surface area contributed by atoms with E-state index >= 15 is 0 Å². The number of carbonyl (C=O) groups is 1. The lowest BCUT2D eigenvalue weighted by Crippen LogP contribution is -2.44. The van der Waals surface area contributed by atoms with Crippen molar-refractivity contribution in [1.82, 2.24) is 9.80 Å². The van der Waals surface area contributed by atoms with Crippen molar-refractivity contribution in [1.29, 1.82) is 0 Å². The molecule has 0 bridgehead atoms. The summed E-state index contributed by atoms with van der Waals surface area (Å²) in [6, 6.07) is 0. The van der Waals surface area contributed by atoms with Crippen LogP contribution in [-0.4, -0.2) is 59.5 Å². The summed E-state index contributed by atoms with van der Waals surface area (Å²) < 4.78 is 5.21. The van der Waals surface area contributed by atoms with Crippen LogP contribution < -0.4 is 0 Å². The first-order chi connectivity index (χ1) is 8.28. The van der Waals surface area contributed by atoms with Crippen LogP contribution in [0.3, 0.4) is 0 Å². The van der Waals surface area contributed by atoms with Crippen LogP contribution in [0.1, 0.15) is 33.6 Å². The zero-order valence-electron chi connectivity index (χ0n) is 11.9. The Bertz CT molecular complexity index is 261. The Morgan fingerprint density at radius 2 is 1.72 bits per heavy atom. The molecular formula is C13H25BrN2O2. The molecule has 0 radical (unpaired) electrons. The number of rotatable bonds is 0. The maximum absolute atomic E-state index is 11.4.